The van der Waals surface area contributed by atoms with Gasteiger partial charge in [0, 0.05) is 18.3 Å². The number of carbonyl (C=O) groups excluding carboxylic acids is 1. The summed E-state index contributed by atoms with van der Waals surface area (Å²) in [7, 11) is 0. The summed E-state index contributed by atoms with van der Waals surface area (Å²) in [5.74, 6) is 0.0303. The molecule has 1 aliphatic rings. The van der Waals surface area contributed by atoms with Gasteiger partial charge in [-0.25, -0.2) is 0 Å². The van der Waals surface area contributed by atoms with Crippen molar-refractivity contribution < 1.29 is 9.53 Å². The van der Waals surface area contributed by atoms with Gasteiger partial charge in [0.15, 0.2) is 0 Å². The molecule has 1 N–H and O–H groups in total. The lowest BCUT2D eigenvalue weighted by Gasteiger charge is -2.51. The topological polar surface area (TPSA) is 41.6 Å². The van der Waals surface area contributed by atoms with Crippen LogP contribution in [0.4, 0.5) is 5.69 Å². The Morgan fingerprint density at radius 1 is 1.26 bits per heavy atom. The number of anilines is 1. The molecule has 0 spiro atoms. The van der Waals surface area contributed by atoms with Crippen LogP contribution in [0, 0.1) is 13.8 Å². The maximum Gasteiger partial charge on any atom is 0.238 e. The number of hydrogen-bond donors (Lipinski definition) is 1. The molecule has 23 heavy (non-hydrogen) atoms. The molecular formula is C19H30N2O2. The number of morpholine rings is 1. The largest absolute Gasteiger partial charge is 0.367 e. The van der Waals surface area contributed by atoms with E-state index >= 15 is 0 Å². The molecule has 0 aliphatic carbocycles. The Morgan fingerprint density at radius 3 is 2.39 bits per heavy atom. The predicted molar refractivity (Wildman–Crippen MR) is 94.8 cm³/mol. The van der Waals surface area contributed by atoms with Gasteiger partial charge in [-0.05, 0) is 59.6 Å². The zero-order chi connectivity index (χ0) is 17.4. The van der Waals surface area contributed by atoms with Crippen LogP contribution in [0.3, 0.4) is 0 Å². The highest BCUT2D eigenvalue weighted by atomic mass is 16.5. The highest BCUT2D eigenvalue weighted by Gasteiger charge is 2.43. The highest BCUT2D eigenvalue weighted by molar-refractivity contribution is 5.93. The van der Waals surface area contributed by atoms with Crippen LogP contribution in [0.2, 0.25) is 0 Å². The van der Waals surface area contributed by atoms with Gasteiger partial charge >= 0.3 is 0 Å². The highest BCUT2D eigenvalue weighted by Crippen LogP contribution is 2.33. The van der Waals surface area contributed by atoms with E-state index in [1.54, 1.807) is 0 Å². The van der Waals surface area contributed by atoms with Crippen molar-refractivity contribution in [3.05, 3.63) is 29.3 Å². The van der Waals surface area contributed by atoms with Crippen LogP contribution >= 0.6 is 0 Å². The molecule has 128 valence electrons. The lowest BCUT2D eigenvalue weighted by Crippen LogP contribution is -2.63. The third kappa shape index (κ3) is 4.12. The van der Waals surface area contributed by atoms with Crippen molar-refractivity contribution in [2.45, 2.75) is 65.7 Å². The smallest absolute Gasteiger partial charge is 0.238 e. The van der Waals surface area contributed by atoms with E-state index in [0.717, 1.165) is 23.4 Å². The normalized spacial score (nSPS) is 23.5. The zero-order valence-corrected chi connectivity index (χ0v) is 15.5. The van der Waals surface area contributed by atoms with Crippen molar-refractivity contribution in [1.82, 2.24) is 4.90 Å². The minimum absolute atomic E-state index is 0.0303. The van der Waals surface area contributed by atoms with Gasteiger partial charge in [-0.1, -0.05) is 18.2 Å². The van der Waals surface area contributed by atoms with E-state index in [-0.39, 0.29) is 23.2 Å². The molecule has 1 unspecified atom stereocenters. The number of amides is 1. The summed E-state index contributed by atoms with van der Waals surface area (Å²) in [4.78, 5) is 14.8. The van der Waals surface area contributed by atoms with E-state index in [4.69, 9.17) is 4.74 Å². The average Bonchev–Trinajstić information content (AvgIpc) is 2.38. The van der Waals surface area contributed by atoms with Gasteiger partial charge in [-0.15, -0.1) is 0 Å². The molecule has 1 fully saturated rings. The number of carbonyl (C=O) groups is 1. The molecule has 1 amide bonds. The Hall–Kier alpha value is -1.39. The van der Waals surface area contributed by atoms with Crippen molar-refractivity contribution in [1.29, 1.82) is 0 Å². The van der Waals surface area contributed by atoms with Gasteiger partial charge in [-0.3, -0.25) is 9.69 Å². The van der Waals surface area contributed by atoms with Crippen LogP contribution in [0.25, 0.3) is 0 Å². The van der Waals surface area contributed by atoms with Crippen molar-refractivity contribution >= 4 is 11.6 Å². The Kier molecular flexibility index (Phi) is 4.88. The van der Waals surface area contributed by atoms with Crippen molar-refractivity contribution in [2.75, 3.05) is 18.4 Å². The molecule has 4 heteroatoms. The first-order valence-corrected chi connectivity index (χ1v) is 8.32. The van der Waals surface area contributed by atoms with Gasteiger partial charge in [0.05, 0.1) is 17.7 Å². The summed E-state index contributed by atoms with van der Waals surface area (Å²) in [6.45, 7) is 15.6. The second-order valence-electron chi connectivity index (χ2n) is 7.86. The van der Waals surface area contributed by atoms with Gasteiger partial charge in [0.2, 0.25) is 5.91 Å². The number of ether oxygens (including phenoxy) is 1. The average molecular weight is 318 g/mol. The first-order valence-electron chi connectivity index (χ1n) is 8.32. The maximum atomic E-state index is 12.6. The number of aryl methyl sites for hydroxylation is 2. The molecule has 4 nitrogen and oxygen atoms in total. The quantitative estimate of drug-likeness (QED) is 0.927. The SMILES string of the molecule is Cc1cccc(C)c1NC(=O)CN1CC(C)(C)OC(C)(C)C1C. The first-order chi connectivity index (χ1) is 10.5. The van der Waals surface area contributed by atoms with Crippen molar-refractivity contribution in [2.24, 2.45) is 0 Å². The van der Waals surface area contributed by atoms with E-state index in [9.17, 15) is 4.79 Å². The molecule has 0 aromatic heterocycles. The van der Waals surface area contributed by atoms with E-state index in [1.165, 1.54) is 0 Å². The molecule has 0 radical (unpaired) electrons. The lowest BCUT2D eigenvalue weighted by atomic mass is 9.91. The van der Waals surface area contributed by atoms with Crippen molar-refractivity contribution in [3.63, 3.8) is 0 Å². The van der Waals surface area contributed by atoms with Gasteiger partial charge < -0.3 is 10.1 Å². The number of nitrogens with zero attached hydrogens (tertiary/aromatic N) is 1. The van der Waals surface area contributed by atoms with E-state index in [0.29, 0.717) is 6.54 Å². The second-order valence-corrected chi connectivity index (χ2v) is 7.86. The van der Waals surface area contributed by atoms with Crippen LogP contribution in [-0.4, -0.2) is 41.1 Å². The van der Waals surface area contributed by atoms with Gasteiger partial charge in [0.25, 0.3) is 0 Å². The molecule has 1 aromatic carbocycles. The van der Waals surface area contributed by atoms with Crippen LogP contribution in [0.5, 0.6) is 0 Å². The molecular weight excluding hydrogens is 288 g/mol. The van der Waals surface area contributed by atoms with E-state index < -0.39 is 0 Å². The summed E-state index contributed by atoms with van der Waals surface area (Å²) >= 11 is 0. The van der Waals surface area contributed by atoms with Crippen LogP contribution in [0.1, 0.15) is 45.7 Å². The van der Waals surface area contributed by atoms with Crippen LogP contribution in [0.15, 0.2) is 18.2 Å². The Morgan fingerprint density at radius 2 is 1.83 bits per heavy atom. The minimum atomic E-state index is -0.277. The fourth-order valence-corrected chi connectivity index (χ4v) is 3.46. The fraction of sp³-hybridized carbons (Fsp3) is 0.632. The van der Waals surface area contributed by atoms with Crippen LogP contribution < -0.4 is 5.32 Å². The Bertz CT molecular complexity index is 573. The fourth-order valence-electron chi connectivity index (χ4n) is 3.46. The zero-order valence-electron chi connectivity index (χ0n) is 15.5. The minimum Gasteiger partial charge on any atom is -0.367 e. The predicted octanol–water partition coefficient (Wildman–Crippen LogP) is 3.52. The summed E-state index contributed by atoms with van der Waals surface area (Å²) in [5.41, 5.74) is 2.58. The maximum absolute atomic E-state index is 12.6. The first kappa shape index (κ1) is 18.0. The molecule has 0 bridgehead atoms. The number of nitrogens with one attached hydrogen (secondary N) is 1. The summed E-state index contributed by atoms with van der Waals surface area (Å²) in [5, 5.41) is 3.08. The third-order valence-electron chi connectivity index (χ3n) is 4.77. The third-order valence-corrected chi connectivity index (χ3v) is 4.77. The monoisotopic (exact) mass is 318 g/mol. The number of para-hydroxylation sites is 1. The Balaban J connectivity index is 2.10. The molecule has 0 saturated carbocycles. The van der Waals surface area contributed by atoms with Crippen molar-refractivity contribution in [3.8, 4) is 0 Å². The number of hydrogen-bond acceptors (Lipinski definition) is 3. The van der Waals surface area contributed by atoms with Gasteiger partial charge in [0.1, 0.15) is 0 Å². The number of rotatable bonds is 3. The molecule has 1 aromatic rings. The Labute approximate surface area is 140 Å². The standard InChI is InChI=1S/C19H30N2O2/c1-13-9-8-10-14(2)17(13)20-16(22)11-21-12-18(4,5)23-19(6,7)15(21)3/h8-10,15H,11-12H2,1-7H3,(H,20,22). The van der Waals surface area contributed by atoms with E-state index in [1.807, 2.05) is 32.0 Å². The summed E-state index contributed by atoms with van der Waals surface area (Å²) < 4.78 is 6.17. The molecule has 1 heterocycles. The molecule has 1 saturated heterocycles. The number of benzene rings is 1. The van der Waals surface area contributed by atoms with Crippen LogP contribution in [-0.2, 0) is 9.53 Å². The van der Waals surface area contributed by atoms with Gasteiger partial charge in [-0.2, -0.15) is 0 Å². The molecule has 1 aliphatic heterocycles. The molecule has 2 rings (SSSR count). The van der Waals surface area contributed by atoms with E-state index in [2.05, 4.69) is 44.8 Å². The summed E-state index contributed by atoms with van der Waals surface area (Å²) in [6, 6.07) is 6.23. The molecule has 1 atom stereocenters. The summed E-state index contributed by atoms with van der Waals surface area (Å²) in [6.07, 6.45) is 0. The second kappa shape index (κ2) is 6.25. The lowest BCUT2D eigenvalue weighted by molar-refractivity contribution is -0.205.